The average molecular weight is 441 g/mol. The highest BCUT2D eigenvalue weighted by Gasteiger charge is 2.22. The second-order valence-corrected chi connectivity index (χ2v) is 6.72. The van der Waals surface area contributed by atoms with E-state index >= 15 is 0 Å². The molecule has 32 heavy (non-hydrogen) atoms. The molecule has 0 aliphatic carbocycles. The molecule has 0 saturated heterocycles. The van der Waals surface area contributed by atoms with Crippen molar-refractivity contribution < 1.29 is 34.1 Å². The molecule has 3 aromatic carbocycles. The molecule has 3 aromatic rings. The Morgan fingerprint density at radius 2 is 1.53 bits per heavy atom. The van der Waals surface area contributed by atoms with Crippen LogP contribution in [0.4, 0.5) is 5.69 Å². The van der Waals surface area contributed by atoms with Gasteiger partial charge in [-0.25, -0.2) is 4.89 Å². The Bertz CT molecular complexity index is 1050. The van der Waals surface area contributed by atoms with Crippen molar-refractivity contribution in [3.05, 3.63) is 70.3 Å². The molecule has 9 heteroatoms. The smallest absolute Gasteiger partial charge is 0.312 e. The summed E-state index contributed by atoms with van der Waals surface area (Å²) in [6.07, 6.45) is 0.603. The van der Waals surface area contributed by atoms with E-state index in [0.717, 1.165) is 11.1 Å². The van der Waals surface area contributed by atoms with E-state index in [9.17, 15) is 14.9 Å². The monoisotopic (exact) mass is 441 g/mol. The van der Waals surface area contributed by atoms with Crippen LogP contribution in [0.1, 0.15) is 10.4 Å². The zero-order valence-corrected chi connectivity index (χ0v) is 17.3. The molecule has 3 rings (SSSR count). The van der Waals surface area contributed by atoms with Crippen molar-refractivity contribution in [2.24, 2.45) is 0 Å². The molecule has 0 amide bonds. The number of ether oxygens (including phenoxy) is 3. The van der Waals surface area contributed by atoms with Gasteiger partial charge in [-0.3, -0.25) is 20.2 Å². The summed E-state index contributed by atoms with van der Waals surface area (Å²) in [5.74, 6) is 0.0910. The van der Waals surface area contributed by atoms with Crippen molar-refractivity contribution in [2.75, 3.05) is 39.6 Å². The van der Waals surface area contributed by atoms with Crippen LogP contribution in [0.3, 0.4) is 0 Å². The normalized spacial score (nSPS) is 10.9. The number of hydrogen-bond donors (Lipinski definition) is 1. The number of nitro groups is 1. The van der Waals surface area contributed by atoms with Crippen LogP contribution in [0.2, 0.25) is 0 Å². The molecule has 0 aliphatic rings. The third-order valence-electron chi connectivity index (χ3n) is 4.70. The van der Waals surface area contributed by atoms with E-state index in [1.54, 1.807) is 12.1 Å². The predicted molar refractivity (Wildman–Crippen MR) is 117 cm³/mol. The van der Waals surface area contributed by atoms with Crippen LogP contribution < -0.4 is 4.74 Å². The molecule has 1 N–H and O–H groups in total. The van der Waals surface area contributed by atoms with Gasteiger partial charge in [-0.2, -0.15) is 0 Å². The predicted octanol–water partition coefficient (Wildman–Crippen LogP) is 4.13. The highest BCUT2D eigenvalue weighted by Crippen LogP contribution is 2.39. The first-order chi connectivity index (χ1) is 15.7. The Hall–Kier alpha value is -3.37. The van der Waals surface area contributed by atoms with Crippen LogP contribution >= 0.6 is 0 Å². The van der Waals surface area contributed by atoms with Crippen LogP contribution in [-0.4, -0.2) is 56.1 Å². The quantitative estimate of drug-likeness (QED) is 0.138. The molecule has 0 heterocycles. The van der Waals surface area contributed by atoms with Gasteiger partial charge in [0.15, 0.2) is 6.29 Å². The van der Waals surface area contributed by atoms with E-state index in [0.29, 0.717) is 30.3 Å². The lowest BCUT2D eigenvalue weighted by molar-refractivity contribution is -0.385. The molecule has 0 unspecified atom stereocenters. The number of aldehydes is 1. The van der Waals surface area contributed by atoms with E-state index in [-0.39, 0.29) is 43.4 Å². The minimum absolute atomic E-state index is 0.0710. The molecule has 0 saturated carbocycles. The highest BCUT2D eigenvalue weighted by molar-refractivity contribution is 6.04. The Balaban J connectivity index is 1.82. The molecule has 0 spiro atoms. The van der Waals surface area contributed by atoms with Crippen molar-refractivity contribution in [1.82, 2.24) is 0 Å². The molecule has 9 nitrogen and oxygen atoms in total. The van der Waals surface area contributed by atoms with E-state index in [1.807, 2.05) is 36.4 Å². The van der Waals surface area contributed by atoms with Gasteiger partial charge in [0, 0.05) is 17.0 Å². The lowest BCUT2D eigenvalue weighted by atomic mass is 9.97. The fourth-order valence-electron chi connectivity index (χ4n) is 3.23. The number of hydrogen-bond acceptors (Lipinski definition) is 8. The topological polar surface area (TPSA) is 117 Å². The number of nitro benzene ring substituents is 1. The molecule has 0 fully saturated rings. The minimum atomic E-state index is -0.561. The summed E-state index contributed by atoms with van der Waals surface area (Å²) < 4.78 is 16.3. The van der Waals surface area contributed by atoms with Crippen LogP contribution in [0, 0.1) is 10.1 Å². The zero-order chi connectivity index (χ0) is 22.8. The van der Waals surface area contributed by atoms with Crippen molar-refractivity contribution in [3.63, 3.8) is 0 Å². The number of rotatable bonds is 13. The van der Waals surface area contributed by atoms with E-state index in [2.05, 4.69) is 4.89 Å². The molecule has 0 aliphatic heterocycles. The number of nitrogens with zero attached hydrogens (tertiary/aromatic N) is 1. The molecule has 0 radical (unpaired) electrons. The fourth-order valence-corrected chi connectivity index (χ4v) is 3.23. The summed E-state index contributed by atoms with van der Waals surface area (Å²) in [5.41, 5.74) is 1.73. The standard InChI is InChI=1S/C23H23NO8/c25-16-19-15-22(24(26)27)23(31-12-10-29-8-9-30-11-13-32-28)21-14-18(6-7-20(19)21)17-4-2-1-3-5-17/h1-7,14-16,28H,8-13H2. The zero-order valence-electron chi connectivity index (χ0n) is 17.3. The minimum Gasteiger partial charge on any atom is -0.484 e. The summed E-state index contributed by atoms with van der Waals surface area (Å²) in [6, 6.07) is 16.2. The second-order valence-electron chi connectivity index (χ2n) is 6.72. The molecule has 0 atom stereocenters. The summed E-state index contributed by atoms with van der Waals surface area (Å²) in [7, 11) is 0. The second kappa shape index (κ2) is 11.9. The SMILES string of the molecule is O=Cc1cc([N+](=O)[O-])c(OCCOCCOCCOO)c2cc(-c3ccccc3)ccc12. The summed E-state index contributed by atoms with van der Waals surface area (Å²) in [4.78, 5) is 26.6. The first-order valence-electron chi connectivity index (χ1n) is 9.96. The van der Waals surface area contributed by atoms with Gasteiger partial charge < -0.3 is 14.2 Å². The molecule has 0 aromatic heterocycles. The Kier molecular flexibility index (Phi) is 8.64. The molecule has 0 bridgehead atoms. The third kappa shape index (κ3) is 5.86. The summed E-state index contributed by atoms with van der Waals surface area (Å²) in [6.45, 7) is 1.17. The molecule has 168 valence electrons. The van der Waals surface area contributed by atoms with Crippen molar-refractivity contribution in [1.29, 1.82) is 0 Å². The third-order valence-corrected chi connectivity index (χ3v) is 4.70. The van der Waals surface area contributed by atoms with Gasteiger partial charge in [-0.15, -0.1) is 0 Å². The van der Waals surface area contributed by atoms with Crippen LogP contribution in [0.25, 0.3) is 21.9 Å². The summed E-state index contributed by atoms with van der Waals surface area (Å²) >= 11 is 0. The highest BCUT2D eigenvalue weighted by atomic mass is 17.1. The van der Waals surface area contributed by atoms with Crippen molar-refractivity contribution >= 4 is 22.7 Å². The maximum Gasteiger partial charge on any atom is 0.312 e. The van der Waals surface area contributed by atoms with Gasteiger partial charge in [-0.1, -0.05) is 42.5 Å². The largest absolute Gasteiger partial charge is 0.484 e. The van der Waals surface area contributed by atoms with E-state index in [1.165, 1.54) is 6.07 Å². The van der Waals surface area contributed by atoms with Gasteiger partial charge in [0.1, 0.15) is 13.2 Å². The Morgan fingerprint density at radius 1 is 0.844 bits per heavy atom. The van der Waals surface area contributed by atoms with Crippen molar-refractivity contribution in [3.8, 4) is 16.9 Å². The number of fused-ring (bicyclic) bond motifs is 1. The lowest BCUT2D eigenvalue weighted by Crippen LogP contribution is -2.13. The maximum atomic E-state index is 11.7. The van der Waals surface area contributed by atoms with E-state index < -0.39 is 4.92 Å². The number of carbonyl (C=O) groups excluding carboxylic acids is 1. The van der Waals surface area contributed by atoms with Crippen LogP contribution in [-0.2, 0) is 14.4 Å². The summed E-state index contributed by atoms with van der Waals surface area (Å²) in [5, 5.41) is 20.9. The molecular formula is C23H23NO8. The van der Waals surface area contributed by atoms with Crippen molar-refractivity contribution in [2.45, 2.75) is 0 Å². The Morgan fingerprint density at radius 3 is 2.19 bits per heavy atom. The molecular weight excluding hydrogens is 418 g/mol. The maximum absolute atomic E-state index is 11.7. The average Bonchev–Trinajstić information content (AvgIpc) is 2.82. The first kappa shape index (κ1) is 23.3. The van der Waals surface area contributed by atoms with Crippen LogP contribution in [0.5, 0.6) is 5.75 Å². The Labute approximate surface area is 184 Å². The van der Waals surface area contributed by atoms with E-state index in [4.69, 9.17) is 19.5 Å². The van der Waals surface area contributed by atoms with Gasteiger partial charge in [0.2, 0.25) is 5.75 Å². The first-order valence-corrected chi connectivity index (χ1v) is 9.96. The van der Waals surface area contributed by atoms with Gasteiger partial charge >= 0.3 is 5.69 Å². The number of benzene rings is 3. The van der Waals surface area contributed by atoms with Crippen LogP contribution in [0.15, 0.2) is 54.6 Å². The fraction of sp³-hybridized carbons (Fsp3) is 0.261. The van der Waals surface area contributed by atoms with Gasteiger partial charge in [0.25, 0.3) is 0 Å². The lowest BCUT2D eigenvalue weighted by Gasteiger charge is -2.13. The van der Waals surface area contributed by atoms with Gasteiger partial charge in [0.05, 0.1) is 31.4 Å². The number of carbonyl (C=O) groups is 1. The van der Waals surface area contributed by atoms with Gasteiger partial charge in [-0.05, 0) is 22.6 Å².